The molecule has 0 saturated heterocycles. The zero-order valence-electron chi connectivity index (χ0n) is 11.1. The molecule has 0 unspecified atom stereocenters. The molecule has 0 fully saturated rings. The van der Waals surface area contributed by atoms with Gasteiger partial charge in [0.25, 0.3) is 0 Å². The molecule has 0 spiro atoms. The summed E-state index contributed by atoms with van der Waals surface area (Å²) in [6, 6.07) is 15.5. The first-order valence-electron chi connectivity index (χ1n) is 6.14. The third kappa shape index (κ3) is 3.75. The molecule has 0 aliphatic rings. The van der Waals surface area contributed by atoms with Gasteiger partial charge in [-0.05, 0) is 35.9 Å². The Kier molecular flexibility index (Phi) is 5.03. The summed E-state index contributed by atoms with van der Waals surface area (Å²) in [5, 5.41) is 8.63. The van der Waals surface area contributed by atoms with Crippen LogP contribution in [0.15, 0.2) is 46.9 Å². The van der Waals surface area contributed by atoms with Crippen molar-refractivity contribution >= 4 is 15.9 Å². The second-order valence-corrected chi connectivity index (χ2v) is 5.14. The molecule has 0 aliphatic heterocycles. The van der Waals surface area contributed by atoms with Crippen molar-refractivity contribution in [2.75, 3.05) is 7.11 Å². The number of hydrogen-bond acceptors (Lipinski definition) is 3. The number of nitriles is 1. The summed E-state index contributed by atoms with van der Waals surface area (Å²) >= 11 is 3.44. The zero-order valence-corrected chi connectivity index (χ0v) is 12.7. The summed E-state index contributed by atoms with van der Waals surface area (Å²) < 4.78 is 12.0. The summed E-state index contributed by atoms with van der Waals surface area (Å²) in [5.74, 6) is 1.57. The predicted octanol–water partition coefficient (Wildman–Crippen LogP) is 4.10. The van der Waals surface area contributed by atoms with E-state index in [2.05, 4.69) is 22.0 Å². The highest BCUT2D eigenvalue weighted by molar-refractivity contribution is 9.10. The van der Waals surface area contributed by atoms with Crippen LogP contribution >= 0.6 is 15.9 Å². The normalized spacial score (nSPS) is 9.85. The summed E-state index contributed by atoms with van der Waals surface area (Å²) in [5.41, 5.74) is 1.96. The molecule has 102 valence electrons. The van der Waals surface area contributed by atoms with E-state index < -0.39 is 0 Å². The SMILES string of the molecule is COc1ccc(Br)cc1COc1ccc(CC#N)cc1. The summed E-state index contributed by atoms with van der Waals surface area (Å²) in [4.78, 5) is 0. The van der Waals surface area contributed by atoms with Gasteiger partial charge in [0.05, 0.1) is 19.6 Å². The van der Waals surface area contributed by atoms with Gasteiger partial charge in [-0.3, -0.25) is 0 Å². The predicted molar refractivity (Wildman–Crippen MR) is 80.8 cm³/mol. The molecule has 4 heteroatoms. The first kappa shape index (κ1) is 14.4. The second kappa shape index (κ2) is 6.97. The highest BCUT2D eigenvalue weighted by atomic mass is 79.9. The Labute approximate surface area is 126 Å². The number of ether oxygens (including phenoxy) is 2. The van der Waals surface area contributed by atoms with Crippen LogP contribution in [-0.2, 0) is 13.0 Å². The van der Waals surface area contributed by atoms with Gasteiger partial charge in [0, 0.05) is 10.0 Å². The highest BCUT2D eigenvalue weighted by Gasteiger charge is 2.05. The van der Waals surface area contributed by atoms with Gasteiger partial charge in [-0.1, -0.05) is 28.1 Å². The molecule has 0 heterocycles. The van der Waals surface area contributed by atoms with Gasteiger partial charge >= 0.3 is 0 Å². The van der Waals surface area contributed by atoms with E-state index in [1.54, 1.807) is 7.11 Å². The van der Waals surface area contributed by atoms with E-state index in [0.717, 1.165) is 27.1 Å². The second-order valence-electron chi connectivity index (χ2n) is 4.22. The summed E-state index contributed by atoms with van der Waals surface area (Å²) in [6.45, 7) is 0.431. The minimum absolute atomic E-state index is 0.416. The summed E-state index contributed by atoms with van der Waals surface area (Å²) in [6.07, 6.45) is 0.416. The van der Waals surface area contributed by atoms with Gasteiger partial charge in [-0.25, -0.2) is 0 Å². The molecule has 0 atom stereocenters. The topological polar surface area (TPSA) is 42.2 Å². The van der Waals surface area contributed by atoms with Crippen molar-refractivity contribution < 1.29 is 9.47 Å². The number of rotatable bonds is 5. The Morgan fingerprint density at radius 1 is 1.15 bits per heavy atom. The van der Waals surface area contributed by atoms with E-state index in [1.165, 1.54) is 0 Å². The maximum Gasteiger partial charge on any atom is 0.125 e. The minimum atomic E-state index is 0.416. The summed E-state index contributed by atoms with van der Waals surface area (Å²) in [7, 11) is 1.64. The lowest BCUT2D eigenvalue weighted by molar-refractivity contribution is 0.296. The van der Waals surface area contributed by atoms with E-state index in [1.807, 2.05) is 42.5 Å². The fourth-order valence-electron chi connectivity index (χ4n) is 1.82. The minimum Gasteiger partial charge on any atom is -0.496 e. The van der Waals surface area contributed by atoms with Crippen molar-refractivity contribution in [2.45, 2.75) is 13.0 Å². The number of hydrogen-bond donors (Lipinski definition) is 0. The molecule has 3 nitrogen and oxygen atoms in total. The Morgan fingerprint density at radius 3 is 2.55 bits per heavy atom. The number of benzene rings is 2. The fraction of sp³-hybridized carbons (Fsp3) is 0.188. The monoisotopic (exact) mass is 331 g/mol. The first-order chi connectivity index (χ1) is 9.72. The molecule has 0 bridgehead atoms. The molecule has 0 aromatic heterocycles. The molecule has 0 saturated carbocycles. The third-order valence-electron chi connectivity index (χ3n) is 2.84. The highest BCUT2D eigenvalue weighted by Crippen LogP contribution is 2.24. The molecule has 0 aliphatic carbocycles. The van der Waals surface area contributed by atoms with E-state index >= 15 is 0 Å². The Hall–Kier alpha value is -1.99. The smallest absolute Gasteiger partial charge is 0.125 e. The van der Waals surface area contributed by atoms with Gasteiger partial charge < -0.3 is 9.47 Å². The molecule has 2 rings (SSSR count). The van der Waals surface area contributed by atoms with Gasteiger partial charge in [-0.2, -0.15) is 5.26 Å². The van der Waals surface area contributed by atoms with Crippen molar-refractivity contribution in [3.63, 3.8) is 0 Å². The van der Waals surface area contributed by atoms with Gasteiger partial charge in [0.1, 0.15) is 18.1 Å². The molecule has 20 heavy (non-hydrogen) atoms. The van der Waals surface area contributed by atoms with Crippen LogP contribution in [0.3, 0.4) is 0 Å². The molecular weight excluding hydrogens is 318 g/mol. The van der Waals surface area contributed by atoms with Crippen molar-refractivity contribution in [2.24, 2.45) is 0 Å². The maximum atomic E-state index is 8.63. The zero-order chi connectivity index (χ0) is 14.4. The maximum absolute atomic E-state index is 8.63. The van der Waals surface area contributed by atoms with Crippen LogP contribution in [0.25, 0.3) is 0 Å². The lowest BCUT2D eigenvalue weighted by atomic mass is 10.1. The number of halogens is 1. The van der Waals surface area contributed by atoms with Crippen molar-refractivity contribution in [3.05, 3.63) is 58.1 Å². The van der Waals surface area contributed by atoms with Crippen LogP contribution in [-0.4, -0.2) is 7.11 Å². The largest absolute Gasteiger partial charge is 0.496 e. The van der Waals surface area contributed by atoms with E-state index in [9.17, 15) is 0 Å². The standard InChI is InChI=1S/C16H14BrNO2/c1-19-16-7-4-14(17)10-13(16)11-20-15-5-2-12(3-6-15)8-9-18/h2-7,10H,8,11H2,1H3. The van der Waals surface area contributed by atoms with Crippen LogP contribution < -0.4 is 9.47 Å². The van der Waals surface area contributed by atoms with Crippen LogP contribution in [0.5, 0.6) is 11.5 Å². The van der Waals surface area contributed by atoms with Gasteiger partial charge in [0.15, 0.2) is 0 Å². The van der Waals surface area contributed by atoms with E-state index in [0.29, 0.717) is 13.0 Å². The van der Waals surface area contributed by atoms with Crippen molar-refractivity contribution in [3.8, 4) is 17.6 Å². The molecule has 0 amide bonds. The van der Waals surface area contributed by atoms with Gasteiger partial charge in [-0.15, -0.1) is 0 Å². The molecule has 0 radical (unpaired) electrons. The molecule has 0 N–H and O–H groups in total. The molecule has 2 aromatic rings. The Bertz CT molecular complexity index is 617. The van der Waals surface area contributed by atoms with Gasteiger partial charge in [0.2, 0.25) is 0 Å². The fourth-order valence-corrected chi connectivity index (χ4v) is 2.22. The Morgan fingerprint density at radius 2 is 1.90 bits per heavy atom. The lowest BCUT2D eigenvalue weighted by Gasteiger charge is -2.11. The number of nitrogens with zero attached hydrogens (tertiary/aromatic N) is 1. The molecular formula is C16H14BrNO2. The van der Waals surface area contributed by atoms with Crippen LogP contribution in [0.4, 0.5) is 0 Å². The van der Waals surface area contributed by atoms with Crippen LogP contribution in [0.2, 0.25) is 0 Å². The third-order valence-corrected chi connectivity index (χ3v) is 3.34. The average Bonchev–Trinajstić information content (AvgIpc) is 2.47. The van der Waals surface area contributed by atoms with Crippen LogP contribution in [0.1, 0.15) is 11.1 Å². The van der Waals surface area contributed by atoms with E-state index in [-0.39, 0.29) is 0 Å². The van der Waals surface area contributed by atoms with Crippen molar-refractivity contribution in [1.29, 1.82) is 5.26 Å². The average molecular weight is 332 g/mol. The van der Waals surface area contributed by atoms with E-state index in [4.69, 9.17) is 14.7 Å². The van der Waals surface area contributed by atoms with Crippen LogP contribution in [0, 0.1) is 11.3 Å². The Balaban J connectivity index is 2.05. The van der Waals surface area contributed by atoms with Crippen molar-refractivity contribution in [1.82, 2.24) is 0 Å². The molecule has 2 aromatic carbocycles. The number of methoxy groups -OCH3 is 1. The lowest BCUT2D eigenvalue weighted by Crippen LogP contribution is -1.99. The quantitative estimate of drug-likeness (QED) is 0.828. The first-order valence-corrected chi connectivity index (χ1v) is 6.93.